The number of aromatic nitrogens is 4. The Kier molecular flexibility index (Phi) is 17.9. The zero-order valence-corrected chi connectivity index (χ0v) is 29.8. The lowest BCUT2D eigenvalue weighted by atomic mass is 10.1. The molecule has 0 spiro atoms. The molecule has 278 valence electrons. The number of aromatic amines is 1. The quantitative estimate of drug-likeness (QED) is 0.0406. The van der Waals surface area contributed by atoms with Crippen molar-refractivity contribution in [3.8, 4) is 0 Å². The van der Waals surface area contributed by atoms with Crippen LogP contribution in [-0.4, -0.2) is 106 Å². The number of nitrogens with two attached hydrogens (primary N) is 1. The topological polar surface area (TPSA) is 253 Å². The lowest BCUT2D eigenvalue weighted by Crippen LogP contribution is -2.37. The molecule has 0 saturated heterocycles. The zero-order chi connectivity index (χ0) is 36.2. The van der Waals surface area contributed by atoms with Crippen LogP contribution in [0.15, 0.2) is 29.1 Å². The number of amides is 2. The van der Waals surface area contributed by atoms with Crippen LogP contribution in [0.5, 0.6) is 0 Å². The highest BCUT2D eigenvalue weighted by molar-refractivity contribution is 7.51. The van der Waals surface area contributed by atoms with Gasteiger partial charge in [0.25, 0.3) is 5.91 Å². The predicted octanol–water partition coefficient (Wildman–Crippen LogP) is 0.705. The fourth-order valence-corrected chi connectivity index (χ4v) is 5.56. The molecule has 0 bridgehead atoms. The van der Waals surface area contributed by atoms with Crippen LogP contribution >= 0.6 is 7.60 Å². The number of fused-ring (bicyclic) bond motifs is 1. The van der Waals surface area contributed by atoms with Gasteiger partial charge in [-0.15, -0.1) is 0 Å². The molecule has 2 amide bonds. The summed E-state index contributed by atoms with van der Waals surface area (Å²) in [6.45, 7) is 8.30. The third-order valence-electron chi connectivity index (χ3n) is 7.75. The Balaban J connectivity index is 1.23. The molecule has 3 aromatic rings. The first-order valence-corrected chi connectivity index (χ1v) is 19.2. The summed E-state index contributed by atoms with van der Waals surface area (Å²) in [5.41, 5.74) is 7.64. The van der Waals surface area contributed by atoms with Gasteiger partial charge >= 0.3 is 13.3 Å². The number of hydrogen-bond donors (Lipinski definition) is 10. The molecule has 0 aliphatic rings. The van der Waals surface area contributed by atoms with Crippen LogP contribution in [0.2, 0.25) is 0 Å². The maximum Gasteiger partial charge on any atom is 0.328 e. The molecule has 1 aromatic carbocycles. The van der Waals surface area contributed by atoms with Crippen LogP contribution in [0.3, 0.4) is 0 Å². The summed E-state index contributed by atoms with van der Waals surface area (Å²) in [6.07, 6.45) is 6.18. The van der Waals surface area contributed by atoms with Gasteiger partial charge in [0, 0.05) is 18.7 Å². The third-order valence-corrected chi connectivity index (χ3v) is 8.65. The number of nitrogen functional groups attached to an aromatic ring is 1. The van der Waals surface area contributed by atoms with Crippen molar-refractivity contribution in [2.24, 2.45) is 0 Å². The molecule has 0 aliphatic heterocycles. The summed E-state index contributed by atoms with van der Waals surface area (Å²) >= 11 is 0. The van der Waals surface area contributed by atoms with Crippen molar-refractivity contribution in [1.82, 2.24) is 46.1 Å². The molecule has 2 heterocycles. The molecular weight excluding hydrogens is 665 g/mol. The van der Waals surface area contributed by atoms with Gasteiger partial charge in [0.1, 0.15) is 5.52 Å². The fraction of sp³-hybridized carbons (Fsp3) is 0.594. The summed E-state index contributed by atoms with van der Waals surface area (Å²) in [6, 6.07) is 6.79. The van der Waals surface area contributed by atoms with Gasteiger partial charge in [-0.05, 0) is 95.5 Å². The number of rotatable bonds is 26. The van der Waals surface area contributed by atoms with E-state index in [0.29, 0.717) is 48.7 Å². The Bertz CT molecular complexity index is 1580. The summed E-state index contributed by atoms with van der Waals surface area (Å²) < 4.78 is 12.3. The maximum absolute atomic E-state index is 12.7. The van der Waals surface area contributed by atoms with Gasteiger partial charge in [-0.2, -0.15) is 9.97 Å². The van der Waals surface area contributed by atoms with E-state index in [1.807, 2.05) is 0 Å². The Morgan fingerprint density at radius 1 is 0.840 bits per heavy atom. The molecule has 0 saturated carbocycles. The second kappa shape index (κ2) is 22.1. The monoisotopic (exact) mass is 719 g/mol. The van der Waals surface area contributed by atoms with Crippen molar-refractivity contribution in [3.63, 3.8) is 0 Å². The van der Waals surface area contributed by atoms with Gasteiger partial charge in [-0.3, -0.25) is 18.7 Å². The van der Waals surface area contributed by atoms with E-state index in [1.54, 1.807) is 24.3 Å². The molecule has 3 rings (SSSR count). The van der Waals surface area contributed by atoms with Gasteiger partial charge in [0.15, 0.2) is 11.5 Å². The van der Waals surface area contributed by atoms with E-state index in [2.05, 4.69) is 53.8 Å². The number of hydrogen-bond acceptors (Lipinski definition) is 11. The number of imidazole rings is 1. The largest absolute Gasteiger partial charge is 0.382 e. The lowest BCUT2D eigenvalue weighted by Gasteiger charge is -2.09. The molecule has 0 radical (unpaired) electrons. The number of nitrogens with zero attached hydrogens (tertiary/aromatic N) is 3. The fourth-order valence-electron chi connectivity index (χ4n) is 4.99. The number of benzene rings is 1. The molecule has 0 aliphatic carbocycles. The minimum absolute atomic E-state index is 0.0760. The number of anilines is 2. The van der Waals surface area contributed by atoms with Crippen molar-refractivity contribution in [1.29, 1.82) is 0 Å². The highest BCUT2D eigenvalue weighted by atomic mass is 31.2. The number of carbonyl (C=O) groups is 2. The molecule has 0 atom stereocenters. The Morgan fingerprint density at radius 2 is 1.46 bits per heavy atom. The molecular formula is C32H54N11O6P. The lowest BCUT2D eigenvalue weighted by molar-refractivity contribution is -0.120. The third kappa shape index (κ3) is 15.4. The molecule has 0 unspecified atom stereocenters. The van der Waals surface area contributed by atoms with Crippen molar-refractivity contribution < 1.29 is 23.9 Å². The summed E-state index contributed by atoms with van der Waals surface area (Å²) in [5.74, 6) is -0.0914. The molecule has 17 nitrogen and oxygen atoms in total. The van der Waals surface area contributed by atoms with Crippen molar-refractivity contribution in [3.05, 3.63) is 45.9 Å². The summed E-state index contributed by atoms with van der Waals surface area (Å²) in [4.78, 5) is 66.6. The second-order valence-electron chi connectivity index (χ2n) is 12.1. The van der Waals surface area contributed by atoms with E-state index in [9.17, 15) is 18.9 Å². The SMILES string of the molecule is CCCCNc1nc(N)c2[nH]c(=O)n(Cc3ccc(C(=O)NCC(=O)NCCCNCCCCNCCCNCCCP(=O)(O)O)cc3)c2n1. The van der Waals surface area contributed by atoms with E-state index in [0.717, 1.165) is 76.8 Å². The van der Waals surface area contributed by atoms with Crippen LogP contribution < -0.4 is 43.3 Å². The molecule has 2 aromatic heterocycles. The van der Waals surface area contributed by atoms with E-state index in [-0.39, 0.29) is 42.6 Å². The van der Waals surface area contributed by atoms with Crippen molar-refractivity contribution >= 4 is 42.3 Å². The van der Waals surface area contributed by atoms with Crippen molar-refractivity contribution in [2.75, 3.05) is 76.1 Å². The van der Waals surface area contributed by atoms with Crippen LogP contribution in [0, 0.1) is 0 Å². The number of carbonyl (C=O) groups excluding carboxylic acids is 2. The highest BCUT2D eigenvalue weighted by Crippen LogP contribution is 2.34. The van der Waals surface area contributed by atoms with Crippen LogP contribution in [0.1, 0.15) is 67.8 Å². The first kappa shape index (κ1) is 40.6. The molecule has 18 heteroatoms. The Labute approximate surface area is 292 Å². The van der Waals surface area contributed by atoms with E-state index >= 15 is 0 Å². The number of nitrogens with one attached hydrogen (secondary N) is 7. The van der Waals surface area contributed by atoms with Gasteiger partial charge in [0.2, 0.25) is 11.9 Å². The van der Waals surface area contributed by atoms with E-state index in [4.69, 9.17) is 15.5 Å². The minimum atomic E-state index is -3.89. The minimum Gasteiger partial charge on any atom is -0.382 e. The van der Waals surface area contributed by atoms with E-state index in [1.165, 1.54) is 4.57 Å². The smallest absolute Gasteiger partial charge is 0.328 e. The van der Waals surface area contributed by atoms with Crippen LogP contribution in [0.25, 0.3) is 11.2 Å². The van der Waals surface area contributed by atoms with Gasteiger partial charge < -0.3 is 52.4 Å². The summed E-state index contributed by atoms with van der Waals surface area (Å²) in [7, 11) is -3.89. The average molecular weight is 720 g/mol. The molecule has 0 fully saturated rings. The standard InChI is InChI=1S/C32H54N11O6P/c1-2-3-19-38-31-41-28(33)27-29(42-31)43(32(46)40-27)23-24-9-11-25(12-10-24)30(45)39-22-26(44)37-20-7-17-35-14-5-4-13-34-15-6-16-36-18-8-21-50(47,48)49/h9-12,34-36H,2-8,13-23H2,1H3,(H,37,44)(H,39,45)(H,40,46)(H2,47,48,49)(H3,33,38,41,42). The molecule has 11 N–H and O–H groups in total. The number of unbranched alkanes of at least 4 members (excludes halogenated alkanes) is 2. The zero-order valence-electron chi connectivity index (χ0n) is 28.9. The Hall–Kier alpha value is -3.86. The highest BCUT2D eigenvalue weighted by Gasteiger charge is 2.15. The number of H-pyrrole nitrogens is 1. The van der Waals surface area contributed by atoms with Crippen molar-refractivity contribution in [2.45, 2.75) is 58.4 Å². The first-order valence-electron chi connectivity index (χ1n) is 17.4. The normalized spacial score (nSPS) is 11.6. The first-order chi connectivity index (χ1) is 24.1. The molecule has 50 heavy (non-hydrogen) atoms. The maximum atomic E-state index is 12.7. The van der Waals surface area contributed by atoms with Gasteiger partial charge in [-0.25, -0.2) is 4.79 Å². The summed E-state index contributed by atoms with van der Waals surface area (Å²) in [5, 5.41) is 18.5. The van der Waals surface area contributed by atoms with E-state index < -0.39 is 7.60 Å². The van der Waals surface area contributed by atoms with Crippen LogP contribution in [0.4, 0.5) is 11.8 Å². The second-order valence-corrected chi connectivity index (χ2v) is 13.8. The van der Waals surface area contributed by atoms with Gasteiger partial charge in [0.05, 0.1) is 19.3 Å². The predicted molar refractivity (Wildman–Crippen MR) is 195 cm³/mol. The average Bonchev–Trinajstić information content (AvgIpc) is 3.39. The van der Waals surface area contributed by atoms with Gasteiger partial charge in [-0.1, -0.05) is 25.5 Å². The van der Waals surface area contributed by atoms with Crippen LogP contribution in [-0.2, 0) is 15.9 Å². The Morgan fingerprint density at radius 3 is 2.10 bits per heavy atom.